The Kier molecular flexibility index (Phi) is 6.57. The van der Waals surface area contributed by atoms with Crippen molar-refractivity contribution in [3.63, 3.8) is 0 Å². The van der Waals surface area contributed by atoms with Crippen LogP contribution in [0.4, 0.5) is 0 Å². The molecule has 0 aliphatic carbocycles. The second-order valence-electron chi connectivity index (χ2n) is 3.56. The number of hydrogen-bond acceptors (Lipinski definition) is 3. The van der Waals surface area contributed by atoms with Crippen LogP contribution in [0, 0.1) is 0 Å². The number of ether oxygens (including phenoxy) is 1. The van der Waals surface area contributed by atoms with E-state index in [4.69, 9.17) is 4.74 Å². The Balaban J connectivity index is 3.24. The van der Waals surface area contributed by atoms with Crippen molar-refractivity contribution in [2.75, 3.05) is 11.9 Å². The maximum atomic E-state index is 12.0. The third-order valence-corrected chi connectivity index (χ3v) is 3.40. The van der Waals surface area contributed by atoms with E-state index in [0.29, 0.717) is 34.8 Å². The predicted octanol–water partition coefficient (Wildman–Crippen LogP) is 3.73. The molecular formula is C13H14Br2O3. The van der Waals surface area contributed by atoms with Gasteiger partial charge in [0.25, 0.3) is 0 Å². The zero-order valence-electron chi connectivity index (χ0n) is 10.0. The van der Waals surface area contributed by atoms with E-state index in [-0.39, 0.29) is 5.78 Å². The maximum absolute atomic E-state index is 12.0. The topological polar surface area (TPSA) is 43.4 Å². The van der Waals surface area contributed by atoms with Crippen LogP contribution in [-0.2, 0) is 10.1 Å². The molecule has 0 aliphatic rings. The number of esters is 1. The summed E-state index contributed by atoms with van der Waals surface area (Å²) in [5.74, 6) is -0.497. The fourth-order valence-corrected chi connectivity index (χ4v) is 2.44. The minimum atomic E-state index is -0.439. The lowest BCUT2D eigenvalue weighted by Gasteiger charge is -2.11. The first-order valence-corrected chi connectivity index (χ1v) is 7.84. The van der Waals surface area contributed by atoms with Crippen LogP contribution in [0.5, 0.6) is 0 Å². The molecule has 18 heavy (non-hydrogen) atoms. The van der Waals surface area contributed by atoms with Gasteiger partial charge in [-0.2, -0.15) is 0 Å². The summed E-state index contributed by atoms with van der Waals surface area (Å²) in [4.78, 5) is 23.9. The van der Waals surface area contributed by atoms with E-state index in [1.54, 1.807) is 19.1 Å². The molecule has 3 nitrogen and oxygen atoms in total. The summed E-state index contributed by atoms with van der Waals surface area (Å²) in [6, 6.07) is 5.26. The number of carbonyl (C=O) groups excluding carboxylic acids is 2. The molecule has 0 unspecified atom stereocenters. The van der Waals surface area contributed by atoms with E-state index in [9.17, 15) is 9.59 Å². The van der Waals surface area contributed by atoms with Crippen molar-refractivity contribution >= 4 is 43.6 Å². The van der Waals surface area contributed by atoms with Crippen LogP contribution >= 0.6 is 31.9 Å². The summed E-state index contributed by atoms with van der Waals surface area (Å²) >= 11 is 6.55. The lowest BCUT2D eigenvalue weighted by Crippen LogP contribution is -2.14. The van der Waals surface area contributed by atoms with Crippen LogP contribution in [-0.4, -0.2) is 23.7 Å². The first-order chi connectivity index (χ1) is 8.65. The van der Waals surface area contributed by atoms with Gasteiger partial charge < -0.3 is 4.74 Å². The lowest BCUT2D eigenvalue weighted by molar-refractivity contribution is 0.0522. The van der Waals surface area contributed by atoms with Crippen molar-refractivity contribution in [3.8, 4) is 0 Å². The van der Waals surface area contributed by atoms with E-state index < -0.39 is 5.97 Å². The van der Waals surface area contributed by atoms with Crippen LogP contribution in [0.3, 0.4) is 0 Å². The van der Waals surface area contributed by atoms with E-state index in [1.807, 2.05) is 6.07 Å². The number of halogens is 2. The molecule has 0 aliphatic heterocycles. The highest BCUT2D eigenvalue weighted by Gasteiger charge is 2.20. The molecule has 1 aromatic carbocycles. The fourth-order valence-electron chi connectivity index (χ4n) is 1.61. The standard InChI is InChI=1S/C13H14Br2O3/c1-2-18-13(17)12-9(8-15)4-3-5-10(12)11(16)6-7-14/h3-5H,2,6-8H2,1H3. The molecule has 0 spiro atoms. The van der Waals surface area contributed by atoms with Crippen LogP contribution in [0.15, 0.2) is 18.2 Å². The van der Waals surface area contributed by atoms with Gasteiger partial charge in [0.2, 0.25) is 0 Å². The van der Waals surface area contributed by atoms with Crippen molar-refractivity contribution in [2.45, 2.75) is 18.7 Å². The second-order valence-corrected chi connectivity index (χ2v) is 4.91. The largest absolute Gasteiger partial charge is 0.462 e. The summed E-state index contributed by atoms with van der Waals surface area (Å²) < 4.78 is 5.02. The number of alkyl halides is 2. The molecule has 0 atom stereocenters. The SMILES string of the molecule is CCOC(=O)c1c(CBr)cccc1C(=O)CCBr. The molecule has 0 saturated carbocycles. The third kappa shape index (κ3) is 3.65. The van der Waals surface area contributed by atoms with E-state index in [0.717, 1.165) is 5.56 Å². The van der Waals surface area contributed by atoms with Crippen LogP contribution in [0.1, 0.15) is 39.6 Å². The minimum Gasteiger partial charge on any atom is -0.462 e. The molecule has 5 heteroatoms. The van der Waals surface area contributed by atoms with Crippen LogP contribution in [0.25, 0.3) is 0 Å². The van der Waals surface area contributed by atoms with Crippen molar-refractivity contribution in [1.82, 2.24) is 0 Å². The van der Waals surface area contributed by atoms with Gasteiger partial charge in [0.1, 0.15) is 0 Å². The Morgan fingerprint density at radius 1 is 1.28 bits per heavy atom. The van der Waals surface area contributed by atoms with Gasteiger partial charge in [-0.3, -0.25) is 4.79 Å². The van der Waals surface area contributed by atoms with E-state index in [2.05, 4.69) is 31.9 Å². The zero-order chi connectivity index (χ0) is 13.5. The summed E-state index contributed by atoms with van der Waals surface area (Å²) in [7, 11) is 0. The van der Waals surface area contributed by atoms with Crippen molar-refractivity contribution < 1.29 is 14.3 Å². The first kappa shape index (κ1) is 15.4. The Morgan fingerprint density at radius 2 is 2.00 bits per heavy atom. The number of rotatable bonds is 6. The normalized spacial score (nSPS) is 10.2. The highest BCUT2D eigenvalue weighted by Crippen LogP contribution is 2.20. The van der Waals surface area contributed by atoms with Gasteiger partial charge in [-0.15, -0.1) is 0 Å². The van der Waals surface area contributed by atoms with Gasteiger partial charge in [-0.05, 0) is 12.5 Å². The molecule has 0 heterocycles. The number of benzene rings is 1. The molecule has 0 radical (unpaired) electrons. The van der Waals surface area contributed by atoms with Crippen LogP contribution in [0.2, 0.25) is 0 Å². The molecular weight excluding hydrogens is 364 g/mol. The fraction of sp³-hybridized carbons (Fsp3) is 0.385. The van der Waals surface area contributed by atoms with Gasteiger partial charge in [0, 0.05) is 22.6 Å². The molecule has 0 bridgehead atoms. The van der Waals surface area contributed by atoms with Gasteiger partial charge >= 0.3 is 5.97 Å². The number of Topliss-reactive ketones (excluding diaryl/α,β-unsaturated/α-hetero) is 1. The highest BCUT2D eigenvalue weighted by atomic mass is 79.9. The van der Waals surface area contributed by atoms with Gasteiger partial charge in [-0.25, -0.2) is 4.79 Å². The van der Waals surface area contributed by atoms with Crippen LogP contribution < -0.4 is 0 Å². The highest BCUT2D eigenvalue weighted by molar-refractivity contribution is 9.09. The van der Waals surface area contributed by atoms with Gasteiger partial charge in [0.15, 0.2) is 5.78 Å². The third-order valence-electron chi connectivity index (χ3n) is 2.40. The summed E-state index contributed by atoms with van der Waals surface area (Å²) in [5, 5.41) is 1.09. The molecule has 0 fully saturated rings. The zero-order valence-corrected chi connectivity index (χ0v) is 13.2. The number of hydrogen-bond donors (Lipinski definition) is 0. The van der Waals surface area contributed by atoms with Crippen molar-refractivity contribution in [2.24, 2.45) is 0 Å². The van der Waals surface area contributed by atoms with E-state index >= 15 is 0 Å². The first-order valence-electron chi connectivity index (χ1n) is 5.59. The number of carbonyl (C=O) groups is 2. The summed E-state index contributed by atoms with van der Waals surface area (Å²) in [6.07, 6.45) is 0.359. The molecule has 0 N–H and O–H groups in total. The van der Waals surface area contributed by atoms with Gasteiger partial charge in [-0.1, -0.05) is 50.1 Å². The smallest absolute Gasteiger partial charge is 0.339 e. The Bertz CT molecular complexity index is 444. The molecule has 0 saturated heterocycles. The molecule has 98 valence electrons. The van der Waals surface area contributed by atoms with Crippen molar-refractivity contribution in [3.05, 3.63) is 34.9 Å². The molecule has 0 amide bonds. The Labute approximate surface area is 123 Å². The quantitative estimate of drug-likeness (QED) is 0.431. The average molecular weight is 378 g/mol. The maximum Gasteiger partial charge on any atom is 0.339 e. The van der Waals surface area contributed by atoms with Crippen molar-refractivity contribution in [1.29, 1.82) is 0 Å². The average Bonchev–Trinajstić information content (AvgIpc) is 2.38. The molecule has 0 aromatic heterocycles. The monoisotopic (exact) mass is 376 g/mol. The van der Waals surface area contributed by atoms with Gasteiger partial charge in [0.05, 0.1) is 12.2 Å². The minimum absolute atomic E-state index is 0.0577. The molecule has 1 aromatic rings. The number of ketones is 1. The Hall–Kier alpha value is -0.680. The Morgan fingerprint density at radius 3 is 2.56 bits per heavy atom. The lowest BCUT2D eigenvalue weighted by atomic mass is 9.98. The van der Waals surface area contributed by atoms with E-state index in [1.165, 1.54) is 0 Å². The summed E-state index contributed by atoms with van der Waals surface area (Å²) in [5.41, 5.74) is 1.58. The second kappa shape index (κ2) is 7.69. The summed E-state index contributed by atoms with van der Waals surface area (Å²) in [6.45, 7) is 2.04. The molecule has 1 rings (SSSR count). The predicted molar refractivity (Wildman–Crippen MR) is 77.8 cm³/mol.